The van der Waals surface area contributed by atoms with Gasteiger partial charge in [0, 0.05) is 23.4 Å². The van der Waals surface area contributed by atoms with Crippen LogP contribution in [0.15, 0.2) is 22.9 Å². The first kappa shape index (κ1) is 15.9. The van der Waals surface area contributed by atoms with E-state index in [2.05, 4.69) is 26.2 Å². The highest BCUT2D eigenvalue weighted by molar-refractivity contribution is 9.10. The summed E-state index contributed by atoms with van der Waals surface area (Å²) in [5.74, 6) is -0.0539. The van der Waals surface area contributed by atoms with Gasteiger partial charge in [-0.3, -0.25) is 14.6 Å². The van der Waals surface area contributed by atoms with Crippen LogP contribution in [0.25, 0.3) is 0 Å². The van der Waals surface area contributed by atoms with Crippen LogP contribution in [0.1, 0.15) is 38.7 Å². The summed E-state index contributed by atoms with van der Waals surface area (Å²) in [5.41, 5.74) is 0.920. The van der Waals surface area contributed by atoms with E-state index in [1.54, 1.807) is 17.3 Å². The van der Waals surface area contributed by atoms with Crippen molar-refractivity contribution >= 4 is 27.7 Å². The molecule has 0 bridgehead atoms. The van der Waals surface area contributed by atoms with Crippen LogP contribution in [-0.2, 0) is 16.1 Å². The third-order valence-electron chi connectivity index (χ3n) is 3.66. The van der Waals surface area contributed by atoms with Crippen LogP contribution in [0, 0.1) is 0 Å². The fraction of sp³-hybridized carbons (Fsp3) is 0.533. The summed E-state index contributed by atoms with van der Waals surface area (Å²) in [7, 11) is 0. The van der Waals surface area contributed by atoms with Crippen molar-refractivity contribution < 1.29 is 9.59 Å². The second-order valence-electron chi connectivity index (χ2n) is 5.25. The van der Waals surface area contributed by atoms with Crippen LogP contribution >= 0.6 is 15.9 Å². The second kappa shape index (κ2) is 7.02. The molecular formula is C15H20BrN3O2. The van der Waals surface area contributed by atoms with Crippen molar-refractivity contribution in [1.29, 1.82) is 0 Å². The van der Waals surface area contributed by atoms with Crippen molar-refractivity contribution in [1.82, 2.24) is 15.2 Å². The lowest BCUT2D eigenvalue weighted by Gasteiger charge is -2.38. The number of hydrogen-bond acceptors (Lipinski definition) is 3. The lowest BCUT2D eigenvalue weighted by molar-refractivity contribution is -0.150. The van der Waals surface area contributed by atoms with Crippen LogP contribution in [0.2, 0.25) is 0 Å². The lowest BCUT2D eigenvalue weighted by atomic mass is 10.0. The number of carbonyl (C=O) groups is 2. The van der Waals surface area contributed by atoms with E-state index < -0.39 is 6.04 Å². The van der Waals surface area contributed by atoms with E-state index in [1.165, 1.54) is 0 Å². The fourth-order valence-electron chi connectivity index (χ4n) is 2.59. The highest BCUT2D eigenvalue weighted by Gasteiger charge is 2.38. The van der Waals surface area contributed by atoms with Gasteiger partial charge in [-0.1, -0.05) is 20.3 Å². The van der Waals surface area contributed by atoms with Gasteiger partial charge in [0.15, 0.2) is 0 Å². The molecule has 2 amide bonds. The third-order valence-corrected chi connectivity index (χ3v) is 4.09. The minimum absolute atomic E-state index is 0.00414. The van der Waals surface area contributed by atoms with Crippen LogP contribution in [0.5, 0.6) is 0 Å². The lowest BCUT2D eigenvalue weighted by Crippen LogP contribution is -2.62. The Morgan fingerprint density at radius 2 is 2.10 bits per heavy atom. The van der Waals surface area contributed by atoms with Gasteiger partial charge in [-0.05, 0) is 40.4 Å². The zero-order chi connectivity index (χ0) is 15.4. The predicted molar refractivity (Wildman–Crippen MR) is 83.4 cm³/mol. The minimum atomic E-state index is -0.411. The fourth-order valence-corrected chi connectivity index (χ4v) is 3.00. The Labute approximate surface area is 133 Å². The Hall–Kier alpha value is -1.43. The van der Waals surface area contributed by atoms with Crippen LogP contribution in [0.4, 0.5) is 0 Å². The molecule has 1 saturated heterocycles. The number of piperazine rings is 1. The molecule has 6 heteroatoms. The molecule has 0 aromatic carbocycles. The van der Waals surface area contributed by atoms with E-state index in [9.17, 15) is 9.59 Å². The number of nitrogens with one attached hydrogen (secondary N) is 1. The van der Waals surface area contributed by atoms with E-state index in [4.69, 9.17) is 0 Å². The molecule has 1 fully saturated rings. The molecule has 0 spiro atoms. The van der Waals surface area contributed by atoms with Crippen molar-refractivity contribution in [3.8, 4) is 0 Å². The van der Waals surface area contributed by atoms with Gasteiger partial charge in [-0.2, -0.15) is 0 Å². The highest BCUT2D eigenvalue weighted by Crippen LogP contribution is 2.20. The molecule has 1 aromatic rings. The van der Waals surface area contributed by atoms with Gasteiger partial charge in [-0.15, -0.1) is 0 Å². The normalized spacial score (nSPS) is 22.3. The van der Waals surface area contributed by atoms with E-state index >= 15 is 0 Å². The predicted octanol–water partition coefficient (Wildman–Crippen LogP) is 2.25. The van der Waals surface area contributed by atoms with Crippen LogP contribution in [-0.4, -0.2) is 33.8 Å². The van der Waals surface area contributed by atoms with Crippen molar-refractivity contribution in [3.63, 3.8) is 0 Å². The SMILES string of the molecule is CCCC1C(=O)NC(CC)C(=O)N1Cc1cncc(Br)c1. The second-order valence-corrected chi connectivity index (χ2v) is 6.17. The topological polar surface area (TPSA) is 62.3 Å². The number of nitrogens with zero attached hydrogens (tertiary/aromatic N) is 2. The largest absolute Gasteiger partial charge is 0.343 e. The molecule has 2 unspecified atom stereocenters. The van der Waals surface area contributed by atoms with E-state index in [0.29, 0.717) is 19.4 Å². The molecule has 5 nitrogen and oxygen atoms in total. The molecule has 1 aliphatic heterocycles. The molecule has 0 saturated carbocycles. The summed E-state index contributed by atoms with van der Waals surface area (Å²) in [5, 5.41) is 2.82. The molecule has 21 heavy (non-hydrogen) atoms. The van der Waals surface area contributed by atoms with Crippen LogP contribution < -0.4 is 5.32 Å². The van der Waals surface area contributed by atoms with E-state index in [-0.39, 0.29) is 17.9 Å². The van der Waals surface area contributed by atoms with Gasteiger partial charge in [0.25, 0.3) is 0 Å². The smallest absolute Gasteiger partial charge is 0.246 e. The van der Waals surface area contributed by atoms with E-state index in [1.807, 2.05) is 19.9 Å². The Balaban J connectivity index is 2.25. The summed E-state index contributed by atoms with van der Waals surface area (Å²) in [6, 6.07) is 1.13. The van der Waals surface area contributed by atoms with Crippen molar-refractivity contribution in [3.05, 3.63) is 28.5 Å². The van der Waals surface area contributed by atoms with Gasteiger partial charge in [0.2, 0.25) is 11.8 Å². The van der Waals surface area contributed by atoms with Gasteiger partial charge in [-0.25, -0.2) is 0 Å². The molecular weight excluding hydrogens is 334 g/mol. The molecule has 0 aliphatic carbocycles. The maximum Gasteiger partial charge on any atom is 0.246 e. The average Bonchev–Trinajstić information content (AvgIpc) is 2.46. The van der Waals surface area contributed by atoms with Crippen molar-refractivity contribution in [2.75, 3.05) is 0 Å². The first-order valence-corrected chi connectivity index (χ1v) is 8.06. The monoisotopic (exact) mass is 353 g/mol. The Bertz CT molecular complexity index is 535. The van der Waals surface area contributed by atoms with Gasteiger partial charge >= 0.3 is 0 Å². The maximum atomic E-state index is 12.6. The molecule has 114 valence electrons. The molecule has 1 N–H and O–H groups in total. The minimum Gasteiger partial charge on any atom is -0.343 e. The average molecular weight is 354 g/mol. The number of rotatable bonds is 5. The Kier molecular flexibility index (Phi) is 5.33. The molecule has 2 rings (SSSR count). The number of carbonyl (C=O) groups excluding carboxylic acids is 2. The number of pyridine rings is 1. The molecule has 2 heterocycles. The summed E-state index contributed by atoms with van der Waals surface area (Å²) in [6.45, 7) is 4.34. The quantitative estimate of drug-likeness (QED) is 0.882. The van der Waals surface area contributed by atoms with E-state index in [0.717, 1.165) is 16.5 Å². The summed E-state index contributed by atoms with van der Waals surface area (Å²) in [4.78, 5) is 30.6. The molecule has 0 radical (unpaired) electrons. The molecule has 1 aliphatic rings. The third kappa shape index (κ3) is 3.61. The molecule has 2 atom stereocenters. The zero-order valence-corrected chi connectivity index (χ0v) is 13.9. The zero-order valence-electron chi connectivity index (χ0n) is 12.3. The first-order valence-electron chi connectivity index (χ1n) is 7.27. The van der Waals surface area contributed by atoms with Crippen molar-refractivity contribution in [2.45, 2.75) is 51.7 Å². The number of halogens is 1. The van der Waals surface area contributed by atoms with Gasteiger partial charge < -0.3 is 10.2 Å². The van der Waals surface area contributed by atoms with Crippen LogP contribution in [0.3, 0.4) is 0 Å². The molecule has 1 aromatic heterocycles. The Morgan fingerprint density at radius 1 is 1.33 bits per heavy atom. The number of amides is 2. The standard InChI is InChI=1S/C15H20BrN3O2/c1-3-5-13-14(20)18-12(4-2)15(21)19(13)9-10-6-11(16)8-17-7-10/h6-8,12-13H,3-5,9H2,1-2H3,(H,18,20). The Morgan fingerprint density at radius 3 is 2.71 bits per heavy atom. The maximum absolute atomic E-state index is 12.6. The number of hydrogen-bond donors (Lipinski definition) is 1. The van der Waals surface area contributed by atoms with Gasteiger partial charge in [0.1, 0.15) is 12.1 Å². The van der Waals surface area contributed by atoms with Gasteiger partial charge in [0.05, 0.1) is 0 Å². The summed E-state index contributed by atoms with van der Waals surface area (Å²) < 4.78 is 0.869. The van der Waals surface area contributed by atoms with Crippen molar-refractivity contribution in [2.24, 2.45) is 0 Å². The first-order chi connectivity index (χ1) is 10.1. The summed E-state index contributed by atoms with van der Waals surface area (Å²) in [6.07, 6.45) is 5.57. The summed E-state index contributed by atoms with van der Waals surface area (Å²) >= 11 is 3.38. The highest BCUT2D eigenvalue weighted by atomic mass is 79.9. The number of aromatic nitrogens is 1.